The second-order valence-electron chi connectivity index (χ2n) is 7.11. The van der Waals surface area contributed by atoms with E-state index >= 15 is 0 Å². The van der Waals surface area contributed by atoms with E-state index in [9.17, 15) is 14.4 Å². The predicted octanol–water partition coefficient (Wildman–Crippen LogP) is 1.60. The number of hydrogen-bond acceptors (Lipinski definition) is 5. The fourth-order valence-corrected chi connectivity index (χ4v) is 3.46. The van der Waals surface area contributed by atoms with Gasteiger partial charge in [0.1, 0.15) is 5.76 Å². The average molecular weight is 378 g/mol. The summed E-state index contributed by atoms with van der Waals surface area (Å²) in [5.74, 6) is -0.0684. The second-order valence-corrected chi connectivity index (χ2v) is 7.11. The molecule has 2 heterocycles. The van der Waals surface area contributed by atoms with Gasteiger partial charge >= 0.3 is 0 Å². The Morgan fingerprint density at radius 3 is 2.63 bits per heavy atom. The summed E-state index contributed by atoms with van der Waals surface area (Å²) in [6.07, 6.45) is 2.32. The maximum Gasteiger partial charge on any atom is 0.273 e. The fourth-order valence-electron chi connectivity index (χ4n) is 3.46. The molecule has 1 aromatic rings. The van der Waals surface area contributed by atoms with Gasteiger partial charge in [0.25, 0.3) is 5.91 Å². The fraction of sp³-hybridized carbons (Fsp3) is 0.684. The number of likely N-dealkylation sites (N-methyl/N-ethyl adjacent to an activating group) is 1. The van der Waals surface area contributed by atoms with Crippen LogP contribution in [-0.4, -0.2) is 65.4 Å². The highest BCUT2D eigenvalue weighted by atomic mass is 16.5. The van der Waals surface area contributed by atoms with Gasteiger partial charge in [-0.15, -0.1) is 0 Å². The van der Waals surface area contributed by atoms with Crippen LogP contribution in [0.3, 0.4) is 0 Å². The molecule has 0 spiro atoms. The molecule has 1 aromatic heterocycles. The van der Waals surface area contributed by atoms with Crippen LogP contribution in [0.5, 0.6) is 0 Å². The van der Waals surface area contributed by atoms with Crippen LogP contribution in [0.25, 0.3) is 0 Å². The monoisotopic (exact) mass is 378 g/mol. The van der Waals surface area contributed by atoms with Crippen LogP contribution in [-0.2, 0) is 9.59 Å². The van der Waals surface area contributed by atoms with Crippen molar-refractivity contribution in [1.29, 1.82) is 0 Å². The van der Waals surface area contributed by atoms with Gasteiger partial charge in [0, 0.05) is 51.1 Å². The molecule has 1 aliphatic heterocycles. The highest BCUT2D eigenvalue weighted by molar-refractivity contribution is 5.92. The Bertz CT molecular complexity index is 668. The number of nitrogens with one attached hydrogen (secondary N) is 1. The lowest BCUT2D eigenvalue weighted by atomic mass is 9.95. The molecule has 3 amide bonds. The first-order chi connectivity index (χ1) is 12.8. The number of nitrogens with zero attached hydrogens (tertiary/aromatic N) is 3. The molecule has 2 rings (SSSR count). The lowest BCUT2D eigenvalue weighted by molar-refractivity contribution is -0.140. The lowest BCUT2D eigenvalue weighted by Gasteiger charge is -2.26. The van der Waals surface area contributed by atoms with Crippen molar-refractivity contribution in [2.45, 2.75) is 52.5 Å². The number of amides is 3. The summed E-state index contributed by atoms with van der Waals surface area (Å²) >= 11 is 0. The highest BCUT2D eigenvalue weighted by Gasteiger charge is 2.29. The van der Waals surface area contributed by atoms with Crippen molar-refractivity contribution < 1.29 is 18.9 Å². The zero-order valence-corrected chi connectivity index (χ0v) is 16.7. The van der Waals surface area contributed by atoms with Gasteiger partial charge in [-0.3, -0.25) is 14.4 Å². The minimum absolute atomic E-state index is 0.0438. The van der Waals surface area contributed by atoms with Gasteiger partial charge in [-0.25, -0.2) is 0 Å². The van der Waals surface area contributed by atoms with Crippen molar-refractivity contribution in [2.75, 3.05) is 26.7 Å². The van der Waals surface area contributed by atoms with Gasteiger partial charge in [0.2, 0.25) is 11.8 Å². The number of carbonyl (C=O) groups is 3. The Balaban J connectivity index is 2.04. The molecular weight excluding hydrogens is 348 g/mol. The number of carbonyl (C=O) groups excluding carboxylic acids is 3. The van der Waals surface area contributed by atoms with Gasteiger partial charge in [-0.1, -0.05) is 11.6 Å². The minimum atomic E-state index is -0.312. The smallest absolute Gasteiger partial charge is 0.273 e. The van der Waals surface area contributed by atoms with E-state index in [1.165, 1.54) is 0 Å². The summed E-state index contributed by atoms with van der Waals surface area (Å²) in [4.78, 5) is 41.0. The third kappa shape index (κ3) is 5.55. The summed E-state index contributed by atoms with van der Waals surface area (Å²) in [6, 6.07) is 1.39. The zero-order valence-electron chi connectivity index (χ0n) is 16.7. The van der Waals surface area contributed by atoms with Crippen molar-refractivity contribution in [2.24, 2.45) is 5.92 Å². The Morgan fingerprint density at radius 1 is 1.33 bits per heavy atom. The van der Waals surface area contributed by atoms with Gasteiger partial charge in [0.15, 0.2) is 5.69 Å². The van der Waals surface area contributed by atoms with Gasteiger partial charge in [-0.05, 0) is 33.6 Å². The first-order valence-electron chi connectivity index (χ1n) is 9.62. The molecule has 1 saturated heterocycles. The Morgan fingerprint density at radius 2 is 2.04 bits per heavy atom. The maximum atomic E-state index is 12.7. The van der Waals surface area contributed by atoms with Gasteiger partial charge in [0.05, 0.1) is 0 Å². The molecular formula is C19H30N4O4. The summed E-state index contributed by atoms with van der Waals surface area (Å²) < 4.78 is 4.94. The van der Waals surface area contributed by atoms with E-state index < -0.39 is 0 Å². The molecule has 8 nitrogen and oxygen atoms in total. The quantitative estimate of drug-likeness (QED) is 0.840. The van der Waals surface area contributed by atoms with Crippen LogP contribution in [0.1, 0.15) is 55.8 Å². The van der Waals surface area contributed by atoms with Crippen molar-refractivity contribution >= 4 is 17.7 Å². The lowest BCUT2D eigenvalue weighted by Crippen LogP contribution is -2.44. The number of hydrogen-bond donors (Lipinski definition) is 1. The van der Waals surface area contributed by atoms with E-state index in [0.717, 1.165) is 6.42 Å². The predicted molar refractivity (Wildman–Crippen MR) is 100 cm³/mol. The number of aryl methyl sites for hydroxylation is 1. The number of aromatic nitrogens is 1. The van der Waals surface area contributed by atoms with Crippen LogP contribution in [0.15, 0.2) is 10.6 Å². The summed E-state index contributed by atoms with van der Waals surface area (Å²) in [5.41, 5.74) is 0.232. The van der Waals surface area contributed by atoms with E-state index in [1.54, 1.807) is 29.8 Å². The van der Waals surface area contributed by atoms with E-state index in [-0.39, 0.29) is 41.8 Å². The molecule has 0 saturated carbocycles. The van der Waals surface area contributed by atoms with Crippen molar-refractivity contribution in [3.8, 4) is 0 Å². The molecule has 27 heavy (non-hydrogen) atoms. The molecule has 0 unspecified atom stereocenters. The van der Waals surface area contributed by atoms with Crippen LogP contribution in [0.2, 0.25) is 0 Å². The largest absolute Gasteiger partial charge is 0.361 e. The zero-order chi connectivity index (χ0) is 20.0. The van der Waals surface area contributed by atoms with Crippen LogP contribution >= 0.6 is 0 Å². The van der Waals surface area contributed by atoms with Crippen LogP contribution in [0, 0.1) is 12.8 Å². The Hall–Kier alpha value is -2.38. The number of rotatable bonds is 5. The topological polar surface area (TPSA) is 95.8 Å². The molecule has 1 fully saturated rings. The molecule has 0 aliphatic carbocycles. The molecule has 1 N–H and O–H groups in total. The molecule has 0 radical (unpaired) electrons. The molecule has 0 bridgehead atoms. The van der Waals surface area contributed by atoms with E-state index in [4.69, 9.17) is 4.52 Å². The molecule has 2 atom stereocenters. The highest BCUT2D eigenvalue weighted by Crippen LogP contribution is 2.21. The van der Waals surface area contributed by atoms with Crippen LogP contribution < -0.4 is 5.32 Å². The maximum absolute atomic E-state index is 12.7. The summed E-state index contributed by atoms with van der Waals surface area (Å²) in [6.45, 7) is 7.32. The van der Waals surface area contributed by atoms with Crippen LogP contribution in [0.4, 0.5) is 0 Å². The normalized spacial score (nSPS) is 21.2. The van der Waals surface area contributed by atoms with E-state index in [0.29, 0.717) is 38.2 Å². The van der Waals surface area contributed by atoms with Gasteiger partial charge < -0.3 is 19.6 Å². The van der Waals surface area contributed by atoms with E-state index in [2.05, 4.69) is 10.5 Å². The standard InChI is InChI=1S/C19H30N4O4/c1-5-23(6-2)19(26)14-8-7-9-15(12-22(4)17(24)11-14)20-18(25)16-10-13(3)27-21-16/h10,14-15H,5-9,11-12H2,1-4H3,(H,20,25)/t14-,15-/m1/s1. The first-order valence-corrected chi connectivity index (χ1v) is 9.62. The van der Waals surface area contributed by atoms with Crippen molar-refractivity contribution in [3.63, 3.8) is 0 Å². The van der Waals surface area contributed by atoms with Crippen molar-refractivity contribution in [3.05, 3.63) is 17.5 Å². The van der Waals surface area contributed by atoms with E-state index in [1.807, 2.05) is 13.8 Å². The third-order valence-corrected chi connectivity index (χ3v) is 5.07. The third-order valence-electron chi connectivity index (χ3n) is 5.07. The van der Waals surface area contributed by atoms with Crippen molar-refractivity contribution in [1.82, 2.24) is 20.3 Å². The Kier molecular flexibility index (Phi) is 7.38. The first kappa shape index (κ1) is 20.9. The SMILES string of the molecule is CCN(CC)C(=O)[C@@H]1CCC[C@@H](NC(=O)c2cc(C)on2)CN(C)C(=O)C1. The second kappa shape index (κ2) is 9.53. The molecule has 1 aliphatic rings. The molecule has 0 aromatic carbocycles. The summed E-state index contributed by atoms with van der Waals surface area (Å²) in [7, 11) is 1.71. The molecule has 150 valence electrons. The Labute approximate surface area is 160 Å². The average Bonchev–Trinajstić information content (AvgIpc) is 3.09. The van der Waals surface area contributed by atoms with Gasteiger partial charge in [-0.2, -0.15) is 0 Å². The molecule has 8 heteroatoms. The minimum Gasteiger partial charge on any atom is -0.361 e. The summed E-state index contributed by atoms with van der Waals surface area (Å²) in [5, 5.41) is 6.66.